The number of hydrogen-bond donors (Lipinski definition) is 0. The fourth-order valence-corrected chi connectivity index (χ4v) is 2.60. The molecule has 1 fully saturated rings. The maximum absolute atomic E-state index is 12.5. The van der Waals surface area contributed by atoms with E-state index in [0.29, 0.717) is 31.7 Å². The van der Waals surface area contributed by atoms with Gasteiger partial charge in [-0.25, -0.2) is 0 Å². The molecule has 1 aromatic rings. The third-order valence-electron chi connectivity index (χ3n) is 3.85. The van der Waals surface area contributed by atoms with Crippen molar-refractivity contribution in [1.29, 1.82) is 0 Å². The first-order valence-corrected chi connectivity index (χ1v) is 7.83. The second kappa shape index (κ2) is 7.01. The van der Waals surface area contributed by atoms with Crippen LogP contribution in [0.25, 0.3) is 0 Å². The second-order valence-corrected chi connectivity index (χ2v) is 6.33. The minimum atomic E-state index is -0.513. The van der Waals surface area contributed by atoms with Crippen LogP contribution in [0.2, 0.25) is 0 Å². The zero-order valence-electron chi connectivity index (χ0n) is 13.3. The van der Waals surface area contributed by atoms with Crippen molar-refractivity contribution < 1.29 is 9.59 Å². The van der Waals surface area contributed by atoms with Crippen LogP contribution < -0.4 is 4.90 Å². The lowest BCUT2D eigenvalue weighted by molar-refractivity contribution is -0.131. The first-order chi connectivity index (χ1) is 10.4. The zero-order chi connectivity index (χ0) is 16.3. The Morgan fingerprint density at radius 2 is 1.55 bits per heavy atom. The molecule has 1 aromatic carbocycles. The van der Waals surface area contributed by atoms with Crippen molar-refractivity contribution in [3.63, 3.8) is 0 Å². The van der Waals surface area contributed by atoms with Gasteiger partial charge in [-0.15, -0.1) is 11.6 Å². The molecule has 6 heteroatoms. The lowest BCUT2D eigenvalue weighted by Gasteiger charge is -2.35. The monoisotopic (exact) mass is 323 g/mol. The van der Waals surface area contributed by atoms with Crippen molar-refractivity contribution in [2.75, 3.05) is 45.2 Å². The topological polar surface area (TPSA) is 43.9 Å². The summed E-state index contributed by atoms with van der Waals surface area (Å²) in [6.07, 6.45) is 0. The van der Waals surface area contributed by atoms with Crippen LogP contribution in [0.4, 0.5) is 5.69 Å². The van der Waals surface area contributed by atoms with Gasteiger partial charge in [0.2, 0.25) is 5.91 Å². The van der Waals surface area contributed by atoms with E-state index < -0.39 is 5.38 Å². The van der Waals surface area contributed by atoms with E-state index in [-0.39, 0.29) is 11.8 Å². The van der Waals surface area contributed by atoms with Gasteiger partial charge in [-0.2, -0.15) is 0 Å². The molecule has 1 aliphatic rings. The summed E-state index contributed by atoms with van der Waals surface area (Å²) < 4.78 is 0. The Balaban J connectivity index is 1.96. The van der Waals surface area contributed by atoms with Crippen LogP contribution in [0.1, 0.15) is 17.3 Å². The molecule has 2 rings (SSSR count). The minimum Gasteiger partial charge on any atom is -0.378 e. The molecule has 5 nitrogen and oxygen atoms in total. The standard InChI is InChI=1S/C16H22ClN3O2/c1-12(17)15(21)19-8-10-20(11-9-19)16(22)13-4-6-14(7-5-13)18(2)3/h4-7,12H,8-11H2,1-3H3. The number of rotatable bonds is 3. The van der Waals surface area contributed by atoms with E-state index in [1.165, 1.54) is 0 Å². The summed E-state index contributed by atoms with van der Waals surface area (Å²) in [5.41, 5.74) is 1.74. The summed E-state index contributed by atoms with van der Waals surface area (Å²) in [5, 5.41) is -0.513. The predicted molar refractivity (Wildman–Crippen MR) is 88.6 cm³/mol. The Morgan fingerprint density at radius 3 is 2.00 bits per heavy atom. The average Bonchev–Trinajstić information content (AvgIpc) is 2.53. The first kappa shape index (κ1) is 16.6. The van der Waals surface area contributed by atoms with E-state index >= 15 is 0 Å². The summed E-state index contributed by atoms with van der Waals surface area (Å²) in [5.74, 6) is -0.0552. The van der Waals surface area contributed by atoms with E-state index in [4.69, 9.17) is 11.6 Å². The number of nitrogens with zero attached hydrogens (tertiary/aromatic N) is 3. The van der Waals surface area contributed by atoms with Crippen molar-refractivity contribution in [3.8, 4) is 0 Å². The Kier molecular flexibility index (Phi) is 5.29. The SMILES string of the molecule is CC(Cl)C(=O)N1CCN(C(=O)c2ccc(N(C)C)cc2)CC1. The average molecular weight is 324 g/mol. The lowest BCUT2D eigenvalue weighted by atomic mass is 10.1. The van der Waals surface area contributed by atoms with Gasteiger partial charge in [0.15, 0.2) is 0 Å². The molecular formula is C16H22ClN3O2. The number of hydrogen-bond acceptors (Lipinski definition) is 3. The normalized spacial score (nSPS) is 16.4. The Bertz CT molecular complexity index is 535. The smallest absolute Gasteiger partial charge is 0.253 e. The number of carbonyl (C=O) groups is 2. The number of benzene rings is 1. The molecule has 1 aliphatic heterocycles. The van der Waals surface area contributed by atoms with Crippen LogP contribution in [0, 0.1) is 0 Å². The van der Waals surface area contributed by atoms with Gasteiger partial charge in [0.05, 0.1) is 0 Å². The number of carbonyl (C=O) groups excluding carboxylic acids is 2. The van der Waals surface area contributed by atoms with Gasteiger partial charge in [0.25, 0.3) is 5.91 Å². The molecule has 0 bridgehead atoms. The third-order valence-corrected chi connectivity index (χ3v) is 4.04. The van der Waals surface area contributed by atoms with Crippen molar-refractivity contribution in [3.05, 3.63) is 29.8 Å². The highest BCUT2D eigenvalue weighted by Gasteiger charge is 2.26. The quantitative estimate of drug-likeness (QED) is 0.795. The molecule has 1 heterocycles. The highest BCUT2D eigenvalue weighted by molar-refractivity contribution is 6.30. The van der Waals surface area contributed by atoms with Crippen molar-refractivity contribution in [1.82, 2.24) is 9.80 Å². The molecule has 120 valence electrons. The highest BCUT2D eigenvalue weighted by atomic mass is 35.5. The summed E-state index contributed by atoms with van der Waals surface area (Å²) in [4.78, 5) is 29.8. The lowest BCUT2D eigenvalue weighted by Crippen LogP contribution is -2.52. The molecule has 0 saturated carbocycles. The largest absolute Gasteiger partial charge is 0.378 e. The van der Waals surface area contributed by atoms with Gasteiger partial charge in [-0.3, -0.25) is 9.59 Å². The van der Waals surface area contributed by atoms with Gasteiger partial charge < -0.3 is 14.7 Å². The molecule has 0 N–H and O–H groups in total. The molecule has 1 saturated heterocycles. The summed E-state index contributed by atoms with van der Waals surface area (Å²) in [6, 6.07) is 7.55. The molecule has 0 aromatic heterocycles. The molecule has 0 aliphatic carbocycles. The minimum absolute atomic E-state index is 0.0105. The van der Waals surface area contributed by atoms with Crippen LogP contribution in [-0.4, -0.2) is 67.3 Å². The molecule has 22 heavy (non-hydrogen) atoms. The molecule has 0 radical (unpaired) electrons. The van der Waals surface area contributed by atoms with Gasteiger partial charge in [-0.05, 0) is 31.2 Å². The summed E-state index contributed by atoms with van der Waals surface area (Å²) >= 11 is 5.82. The van der Waals surface area contributed by atoms with Gasteiger partial charge in [0.1, 0.15) is 5.38 Å². The highest BCUT2D eigenvalue weighted by Crippen LogP contribution is 2.15. The first-order valence-electron chi connectivity index (χ1n) is 7.39. The van der Waals surface area contributed by atoms with Crippen molar-refractivity contribution in [2.24, 2.45) is 0 Å². The fourth-order valence-electron chi connectivity index (χ4n) is 2.47. The van der Waals surface area contributed by atoms with Crippen LogP contribution in [0.15, 0.2) is 24.3 Å². The zero-order valence-corrected chi connectivity index (χ0v) is 14.0. The summed E-state index contributed by atoms with van der Waals surface area (Å²) in [7, 11) is 3.93. The fraction of sp³-hybridized carbons (Fsp3) is 0.500. The number of anilines is 1. The van der Waals surface area contributed by atoms with Crippen LogP contribution in [-0.2, 0) is 4.79 Å². The van der Waals surface area contributed by atoms with Gasteiger partial charge >= 0.3 is 0 Å². The van der Waals surface area contributed by atoms with E-state index in [9.17, 15) is 9.59 Å². The molecule has 0 spiro atoms. The van der Waals surface area contributed by atoms with Crippen LogP contribution in [0.5, 0.6) is 0 Å². The Hall–Kier alpha value is -1.75. The van der Waals surface area contributed by atoms with Crippen molar-refractivity contribution >= 4 is 29.1 Å². The van der Waals surface area contributed by atoms with Crippen molar-refractivity contribution in [2.45, 2.75) is 12.3 Å². The van der Waals surface area contributed by atoms with Crippen LogP contribution in [0.3, 0.4) is 0 Å². The number of amides is 2. The number of halogens is 1. The second-order valence-electron chi connectivity index (χ2n) is 5.67. The van der Waals surface area contributed by atoms with Gasteiger partial charge in [-0.1, -0.05) is 0 Å². The van der Waals surface area contributed by atoms with E-state index in [2.05, 4.69) is 0 Å². The number of alkyl halides is 1. The maximum Gasteiger partial charge on any atom is 0.253 e. The number of piperazine rings is 1. The third kappa shape index (κ3) is 3.71. The molecule has 2 amide bonds. The Morgan fingerprint density at radius 1 is 1.05 bits per heavy atom. The summed E-state index contributed by atoms with van der Waals surface area (Å²) in [6.45, 7) is 3.84. The van der Waals surface area contributed by atoms with Gasteiger partial charge in [0, 0.05) is 51.5 Å². The molecule has 1 unspecified atom stereocenters. The van der Waals surface area contributed by atoms with E-state index in [1.807, 2.05) is 43.3 Å². The predicted octanol–water partition coefficient (Wildman–Crippen LogP) is 1.66. The molecular weight excluding hydrogens is 302 g/mol. The van der Waals surface area contributed by atoms with E-state index in [0.717, 1.165) is 5.69 Å². The maximum atomic E-state index is 12.5. The van der Waals surface area contributed by atoms with Crippen LogP contribution >= 0.6 is 11.6 Å². The Labute approximate surface area is 136 Å². The van der Waals surface area contributed by atoms with E-state index in [1.54, 1.807) is 16.7 Å². The molecule has 1 atom stereocenters.